The third-order valence-corrected chi connectivity index (χ3v) is 4.49. The van der Waals surface area contributed by atoms with E-state index in [1.54, 1.807) is 12.1 Å². The van der Waals surface area contributed by atoms with Gasteiger partial charge in [-0.1, -0.05) is 55.3 Å². The van der Waals surface area contributed by atoms with Crippen molar-refractivity contribution in [2.75, 3.05) is 19.7 Å². The van der Waals surface area contributed by atoms with Crippen molar-refractivity contribution in [3.8, 4) is 5.75 Å². The van der Waals surface area contributed by atoms with Crippen LogP contribution in [-0.4, -0.2) is 35.8 Å². The van der Waals surface area contributed by atoms with E-state index < -0.39 is 6.10 Å². The molecule has 0 bridgehead atoms. The first-order valence-corrected chi connectivity index (χ1v) is 9.64. The van der Waals surface area contributed by atoms with Gasteiger partial charge >= 0.3 is 0 Å². The molecule has 26 heavy (non-hydrogen) atoms. The van der Waals surface area contributed by atoms with Gasteiger partial charge in [0.05, 0.1) is 0 Å². The SMILES string of the molecule is Cc1cccc(CN(CCC(C)C)CC(O)COc2ccc(Cl)cc2)c1. The number of nitrogens with zero attached hydrogens (tertiary/aromatic N) is 1. The molecule has 2 aromatic carbocycles. The lowest BCUT2D eigenvalue weighted by atomic mass is 10.1. The topological polar surface area (TPSA) is 32.7 Å². The van der Waals surface area contributed by atoms with Crippen LogP contribution in [-0.2, 0) is 6.54 Å². The second kappa shape index (κ2) is 10.6. The van der Waals surface area contributed by atoms with E-state index >= 15 is 0 Å². The maximum absolute atomic E-state index is 10.4. The molecule has 4 heteroatoms. The first kappa shape index (κ1) is 20.8. The lowest BCUT2D eigenvalue weighted by Gasteiger charge is -2.26. The molecular formula is C22H30ClNO2. The Morgan fingerprint density at radius 3 is 2.50 bits per heavy atom. The molecule has 0 saturated carbocycles. The number of hydrogen-bond donors (Lipinski definition) is 1. The summed E-state index contributed by atoms with van der Waals surface area (Å²) in [6.45, 7) is 9.23. The van der Waals surface area contributed by atoms with Crippen LogP contribution in [0.25, 0.3) is 0 Å². The zero-order chi connectivity index (χ0) is 18.9. The predicted molar refractivity (Wildman–Crippen MR) is 109 cm³/mol. The van der Waals surface area contributed by atoms with Gasteiger partial charge in [-0.3, -0.25) is 4.90 Å². The van der Waals surface area contributed by atoms with E-state index in [0.29, 0.717) is 17.5 Å². The summed E-state index contributed by atoms with van der Waals surface area (Å²) in [5.41, 5.74) is 2.54. The van der Waals surface area contributed by atoms with Crippen LogP contribution in [0.3, 0.4) is 0 Å². The number of hydrogen-bond acceptors (Lipinski definition) is 3. The molecule has 2 rings (SSSR count). The maximum Gasteiger partial charge on any atom is 0.119 e. The van der Waals surface area contributed by atoms with Crippen LogP contribution in [0, 0.1) is 12.8 Å². The maximum atomic E-state index is 10.4. The minimum absolute atomic E-state index is 0.271. The number of aliphatic hydroxyl groups is 1. The third kappa shape index (κ3) is 7.77. The van der Waals surface area contributed by atoms with Crippen molar-refractivity contribution in [1.82, 2.24) is 4.90 Å². The molecule has 0 spiro atoms. The number of halogens is 1. The van der Waals surface area contributed by atoms with E-state index in [1.807, 2.05) is 12.1 Å². The van der Waals surface area contributed by atoms with Gasteiger partial charge in [0, 0.05) is 18.1 Å². The average Bonchev–Trinajstić information content (AvgIpc) is 2.59. The van der Waals surface area contributed by atoms with Crippen LogP contribution in [0.1, 0.15) is 31.4 Å². The van der Waals surface area contributed by atoms with Gasteiger partial charge in [-0.25, -0.2) is 0 Å². The third-order valence-electron chi connectivity index (χ3n) is 4.24. The summed E-state index contributed by atoms with van der Waals surface area (Å²) in [6.07, 6.45) is 0.569. The second-order valence-corrected chi connectivity index (χ2v) is 7.76. The zero-order valence-electron chi connectivity index (χ0n) is 16.0. The van der Waals surface area contributed by atoms with E-state index in [4.69, 9.17) is 16.3 Å². The molecule has 142 valence electrons. The first-order valence-electron chi connectivity index (χ1n) is 9.26. The van der Waals surface area contributed by atoms with Crippen LogP contribution in [0.2, 0.25) is 5.02 Å². The summed E-state index contributed by atoms with van der Waals surface area (Å²) in [5, 5.41) is 11.1. The summed E-state index contributed by atoms with van der Waals surface area (Å²) in [7, 11) is 0. The van der Waals surface area contributed by atoms with Crippen molar-refractivity contribution in [2.24, 2.45) is 5.92 Å². The number of ether oxygens (including phenoxy) is 1. The Kier molecular flexibility index (Phi) is 8.43. The monoisotopic (exact) mass is 375 g/mol. The van der Waals surface area contributed by atoms with Crippen LogP contribution >= 0.6 is 11.6 Å². The molecule has 0 radical (unpaired) electrons. The van der Waals surface area contributed by atoms with Gasteiger partial charge in [-0.05, 0) is 55.6 Å². The molecule has 0 heterocycles. The Labute approximate surface area is 162 Å². The summed E-state index contributed by atoms with van der Waals surface area (Å²) in [5.74, 6) is 1.36. The molecule has 2 aromatic rings. The van der Waals surface area contributed by atoms with Gasteiger partial charge in [-0.2, -0.15) is 0 Å². The van der Waals surface area contributed by atoms with Crippen molar-refractivity contribution in [3.63, 3.8) is 0 Å². The van der Waals surface area contributed by atoms with Crippen LogP contribution in [0.15, 0.2) is 48.5 Å². The quantitative estimate of drug-likeness (QED) is 0.638. The van der Waals surface area contributed by atoms with Crippen LogP contribution < -0.4 is 4.74 Å². The van der Waals surface area contributed by atoms with Gasteiger partial charge in [0.15, 0.2) is 0 Å². The highest BCUT2D eigenvalue weighted by Crippen LogP contribution is 2.16. The minimum Gasteiger partial charge on any atom is -0.491 e. The normalized spacial score (nSPS) is 12.6. The van der Waals surface area contributed by atoms with Crippen molar-refractivity contribution >= 4 is 11.6 Å². The molecule has 1 N–H and O–H groups in total. The second-order valence-electron chi connectivity index (χ2n) is 7.33. The van der Waals surface area contributed by atoms with E-state index in [2.05, 4.69) is 49.9 Å². The number of aliphatic hydroxyl groups excluding tert-OH is 1. The predicted octanol–water partition coefficient (Wildman–Crippen LogP) is 4.94. The molecule has 1 unspecified atom stereocenters. The smallest absolute Gasteiger partial charge is 0.119 e. The molecule has 0 aromatic heterocycles. The van der Waals surface area contributed by atoms with E-state index in [1.165, 1.54) is 11.1 Å². The van der Waals surface area contributed by atoms with Crippen molar-refractivity contribution in [1.29, 1.82) is 0 Å². The Morgan fingerprint density at radius 1 is 1.12 bits per heavy atom. The van der Waals surface area contributed by atoms with Gasteiger partial charge in [0.1, 0.15) is 18.5 Å². The minimum atomic E-state index is -0.539. The molecule has 0 amide bonds. The highest BCUT2D eigenvalue weighted by atomic mass is 35.5. The Balaban J connectivity index is 1.90. The lowest BCUT2D eigenvalue weighted by Crippen LogP contribution is -2.36. The van der Waals surface area contributed by atoms with Crippen molar-refractivity contribution < 1.29 is 9.84 Å². The highest BCUT2D eigenvalue weighted by molar-refractivity contribution is 6.30. The molecule has 0 aliphatic carbocycles. The number of rotatable bonds is 10. The van der Waals surface area contributed by atoms with Gasteiger partial charge in [-0.15, -0.1) is 0 Å². The number of benzene rings is 2. The largest absolute Gasteiger partial charge is 0.491 e. The van der Waals surface area contributed by atoms with Gasteiger partial charge in [0.2, 0.25) is 0 Å². The molecule has 1 atom stereocenters. The van der Waals surface area contributed by atoms with Crippen LogP contribution in [0.5, 0.6) is 5.75 Å². The first-order chi connectivity index (χ1) is 12.4. The standard InChI is InChI=1S/C22H30ClNO2/c1-17(2)11-12-24(14-19-6-4-5-18(3)13-19)15-21(25)16-26-22-9-7-20(23)8-10-22/h4-10,13,17,21,25H,11-12,14-16H2,1-3H3. The Bertz CT molecular complexity index is 657. The molecule has 0 aliphatic heterocycles. The van der Waals surface area contributed by atoms with Gasteiger partial charge < -0.3 is 9.84 Å². The number of aryl methyl sites for hydroxylation is 1. The summed E-state index contributed by atoms with van der Waals surface area (Å²) >= 11 is 5.88. The van der Waals surface area contributed by atoms with Gasteiger partial charge in [0.25, 0.3) is 0 Å². The average molecular weight is 376 g/mol. The summed E-state index contributed by atoms with van der Waals surface area (Å²) in [4.78, 5) is 2.31. The fraction of sp³-hybridized carbons (Fsp3) is 0.455. The van der Waals surface area contributed by atoms with Crippen molar-refractivity contribution in [3.05, 3.63) is 64.7 Å². The molecule has 0 aliphatic rings. The van der Waals surface area contributed by atoms with Crippen molar-refractivity contribution in [2.45, 2.75) is 39.8 Å². The van der Waals surface area contributed by atoms with E-state index in [9.17, 15) is 5.11 Å². The summed E-state index contributed by atoms with van der Waals surface area (Å²) < 4.78 is 5.68. The molecule has 0 fully saturated rings. The fourth-order valence-corrected chi connectivity index (χ4v) is 2.94. The fourth-order valence-electron chi connectivity index (χ4n) is 2.82. The van der Waals surface area contributed by atoms with E-state index in [0.717, 1.165) is 25.3 Å². The van der Waals surface area contributed by atoms with Crippen LogP contribution in [0.4, 0.5) is 0 Å². The molecular weight excluding hydrogens is 346 g/mol. The molecule has 0 saturated heterocycles. The van der Waals surface area contributed by atoms with E-state index in [-0.39, 0.29) is 6.61 Å². The molecule has 3 nitrogen and oxygen atoms in total. The summed E-state index contributed by atoms with van der Waals surface area (Å²) in [6, 6.07) is 15.8. The highest BCUT2D eigenvalue weighted by Gasteiger charge is 2.14. The Morgan fingerprint density at radius 2 is 1.85 bits per heavy atom. The Hall–Kier alpha value is -1.55. The lowest BCUT2D eigenvalue weighted by molar-refractivity contribution is 0.0639. The zero-order valence-corrected chi connectivity index (χ0v) is 16.7.